The first-order valence-electron chi connectivity index (χ1n) is 14.3. The molecule has 8 heteroatoms. The van der Waals surface area contributed by atoms with Crippen LogP contribution in [-0.2, 0) is 22.6 Å². The summed E-state index contributed by atoms with van der Waals surface area (Å²) >= 11 is 0. The van der Waals surface area contributed by atoms with E-state index in [1.807, 2.05) is 38.1 Å². The first kappa shape index (κ1) is 28.2. The minimum Gasteiger partial charge on any atom is -0.507 e. The third kappa shape index (κ3) is 5.92. The number of aromatic nitrogens is 1. The summed E-state index contributed by atoms with van der Waals surface area (Å²) in [7, 11) is 0. The number of unbranched alkanes of at least 4 members (excludes halogenated alkanes) is 2. The highest BCUT2D eigenvalue weighted by Crippen LogP contribution is 2.43. The Morgan fingerprint density at radius 3 is 2.68 bits per heavy atom. The second-order valence-corrected chi connectivity index (χ2v) is 10.4. The topological polar surface area (TPSA) is 98.2 Å². The molecule has 3 heterocycles. The molecule has 1 amide bonds. The number of rotatable bonds is 11. The fraction of sp³-hybridized carbons (Fsp3) is 0.364. The molecule has 0 spiro atoms. The number of ether oxygens (including phenoxy) is 3. The van der Waals surface area contributed by atoms with Gasteiger partial charge in [-0.25, -0.2) is 0 Å². The highest BCUT2D eigenvalue weighted by molar-refractivity contribution is 6.46. The van der Waals surface area contributed by atoms with Crippen molar-refractivity contribution in [1.29, 1.82) is 0 Å². The largest absolute Gasteiger partial charge is 0.507 e. The summed E-state index contributed by atoms with van der Waals surface area (Å²) in [6.45, 7) is 7.14. The summed E-state index contributed by atoms with van der Waals surface area (Å²) in [5, 5.41) is 11.6. The van der Waals surface area contributed by atoms with Gasteiger partial charge < -0.3 is 24.2 Å². The van der Waals surface area contributed by atoms with E-state index in [9.17, 15) is 14.7 Å². The van der Waals surface area contributed by atoms with E-state index in [-0.39, 0.29) is 24.0 Å². The van der Waals surface area contributed by atoms with Crippen LogP contribution in [0.4, 0.5) is 0 Å². The quantitative estimate of drug-likeness (QED) is 0.134. The molecule has 214 valence electrons. The van der Waals surface area contributed by atoms with Crippen LogP contribution in [0.15, 0.2) is 66.5 Å². The van der Waals surface area contributed by atoms with E-state index < -0.39 is 17.7 Å². The number of ketones is 1. The number of carbonyl (C=O) groups is 2. The lowest BCUT2D eigenvalue weighted by atomic mass is 9.94. The molecule has 41 heavy (non-hydrogen) atoms. The van der Waals surface area contributed by atoms with Gasteiger partial charge in [-0.3, -0.25) is 14.6 Å². The van der Waals surface area contributed by atoms with Gasteiger partial charge in [-0.05, 0) is 73.4 Å². The van der Waals surface area contributed by atoms with Gasteiger partial charge in [-0.1, -0.05) is 31.9 Å². The Bertz CT molecular complexity index is 1450. The number of aliphatic hydroxyl groups is 1. The molecule has 8 nitrogen and oxygen atoms in total. The second-order valence-electron chi connectivity index (χ2n) is 10.4. The van der Waals surface area contributed by atoms with Crippen molar-refractivity contribution in [3.63, 3.8) is 0 Å². The van der Waals surface area contributed by atoms with Crippen molar-refractivity contribution in [2.45, 2.75) is 65.1 Å². The molecule has 2 aromatic carbocycles. The Morgan fingerprint density at radius 2 is 1.93 bits per heavy atom. The monoisotopic (exact) mass is 556 g/mol. The smallest absolute Gasteiger partial charge is 0.295 e. The predicted octanol–water partition coefficient (Wildman–Crippen LogP) is 5.99. The van der Waals surface area contributed by atoms with Crippen molar-refractivity contribution in [1.82, 2.24) is 9.88 Å². The van der Waals surface area contributed by atoms with Crippen LogP contribution in [-0.4, -0.2) is 46.0 Å². The number of nitrogens with zero attached hydrogens (tertiary/aromatic N) is 2. The number of likely N-dealkylation sites (tertiary alicyclic amines) is 1. The zero-order valence-electron chi connectivity index (χ0n) is 23.8. The standard InChI is InChI=1S/C33H36N2O6/c1-4-6-7-15-40-27-13-10-23(18-28(27)39-5-2)30-29(31(36)24-11-12-26-25(17-24)16-21(3)41-26)32(37)33(38)35(30)20-22-9-8-14-34-19-22/h8-14,17-19,21,30,36H,4-7,15-16,20H2,1-3H3/t21-,30-/m0/s1. The van der Waals surface area contributed by atoms with Gasteiger partial charge in [0.05, 0.1) is 24.8 Å². The number of aliphatic hydroxyl groups excluding tert-OH is 1. The molecule has 1 saturated heterocycles. The number of Topliss-reactive ketones (excluding diaryl/α,β-unsaturated/α-hetero) is 1. The molecule has 1 fully saturated rings. The molecule has 0 bridgehead atoms. The van der Waals surface area contributed by atoms with E-state index in [0.29, 0.717) is 42.3 Å². The molecule has 0 aliphatic carbocycles. The molecule has 0 unspecified atom stereocenters. The van der Waals surface area contributed by atoms with Crippen LogP contribution < -0.4 is 14.2 Å². The number of pyridine rings is 1. The number of carbonyl (C=O) groups excluding carboxylic acids is 2. The lowest BCUT2D eigenvalue weighted by molar-refractivity contribution is -0.140. The van der Waals surface area contributed by atoms with Crippen LogP contribution >= 0.6 is 0 Å². The summed E-state index contributed by atoms with van der Waals surface area (Å²) in [5.41, 5.74) is 2.85. The van der Waals surface area contributed by atoms with Gasteiger partial charge in [-0.2, -0.15) is 0 Å². The first-order valence-corrected chi connectivity index (χ1v) is 14.3. The van der Waals surface area contributed by atoms with Gasteiger partial charge in [-0.15, -0.1) is 0 Å². The van der Waals surface area contributed by atoms with Crippen molar-refractivity contribution in [2.24, 2.45) is 0 Å². The fourth-order valence-corrected chi connectivity index (χ4v) is 5.42. The number of fused-ring (bicyclic) bond motifs is 1. The molecular weight excluding hydrogens is 520 g/mol. The molecule has 5 rings (SSSR count). The SMILES string of the molecule is CCCCCOc1ccc([C@H]2C(=C(O)c3ccc4c(c3)C[C@H](C)O4)C(=O)C(=O)N2Cc2cccnc2)cc1OCC. The van der Waals surface area contributed by atoms with Crippen LogP contribution in [0.5, 0.6) is 17.2 Å². The van der Waals surface area contributed by atoms with Crippen LogP contribution in [0.2, 0.25) is 0 Å². The third-order valence-electron chi connectivity index (χ3n) is 7.37. The summed E-state index contributed by atoms with van der Waals surface area (Å²) in [4.78, 5) is 32.7. The van der Waals surface area contributed by atoms with Crippen LogP contribution in [0.25, 0.3) is 5.76 Å². The normalized spacial score (nSPS) is 19.2. The van der Waals surface area contributed by atoms with E-state index in [1.54, 1.807) is 36.7 Å². The van der Waals surface area contributed by atoms with Gasteiger partial charge in [0, 0.05) is 30.9 Å². The van der Waals surface area contributed by atoms with Gasteiger partial charge in [0.25, 0.3) is 11.7 Å². The minimum atomic E-state index is -0.841. The Kier molecular flexibility index (Phi) is 8.57. The lowest BCUT2D eigenvalue weighted by Gasteiger charge is -2.26. The van der Waals surface area contributed by atoms with Crippen LogP contribution in [0.3, 0.4) is 0 Å². The summed E-state index contributed by atoms with van der Waals surface area (Å²) in [6.07, 6.45) is 7.14. The number of benzene rings is 2. The molecule has 1 aromatic heterocycles. The van der Waals surface area contributed by atoms with E-state index >= 15 is 0 Å². The molecule has 2 aliphatic heterocycles. The van der Waals surface area contributed by atoms with Gasteiger partial charge in [0.15, 0.2) is 11.5 Å². The van der Waals surface area contributed by atoms with Crippen molar-refractivity contribution < 1.29 is 28.9 Å². The molecular formula is C33H36N2O6. The maximum Gasteiger partial charge on any atom is 0.295 e. The summed E-state index contributed by atoms with van der Waals surface area (Å²) in [5.74, 6) is 0.247. The maximum absolute atomic E-state index is 13.6. The van der Waals surface area contributed by atoms with Crippen LogP contribution in [0, 0.1) is 0 Å². The zero-order chi connectivity index (χ0) is 28.9. The molecule has 3 aromatic rings. The Morgan fingerprint density at radius 1 is 1.07 bits per heavy atom. The van der Waals surface area contributed by atoms with E-state index in [4.69, 9.17) is 14.2 Å². The van der Waals surface area contributed by atoms with Crippen molar-refractivity contribution >= 4 is 17.4 Å². The molecule has 2 aliphatic rings. The first-order chi connectivity index (χ1) is 19.9. The molecule has 1 N–H and O–H groups in total. The van der Waals surface area contributed by atoms with Crippen molar-refractivity contribution in [3.8, 4) is 17.2 Å². The number of amides is 1. The van der Waals surface area contributed by atoms with E-state index in [1.165, 1.54) is 4.90 Å². The molecule has 0 saturated carbocycles. The second kappa shape index (κ2) is 12.5. The van der Waals surface area contributed by atoms with Crippen molar-refractivity contribution in [3.05, 3.63) is 88.8 Å². The highest BCUT2D eigenvalue weighted by atomic mass is 16.5. The number of hydrogen-bond donors (Lipinski definition) is 1. The Balaban J connectivity index is 1.59. The van der Waals surface area contributed by atoms with E-state index in [2.05, 4.69) is 11.9 Å². The summed E-state index contributed by atoms with van der Waals surface area (Å²) in [6, 6.07) is 13.6. The average Bonchev–Trinajstić information content (AvgIpc) is 3.47. The van der Waals surface area contributed by atoms with Crippen LogP contribution in [0.1, 0.15) is 68.3 Å². The fourth-order valence-electron chi connectivity index (χ4n) is 5.42. The Hall–Kier alpha value is -4.33. The molecule has 0 radical (unpaired) electrons. The average molecular weight is 557 g/mol. The highest BCUT2D eigenvalue weighted by Gasteiger charge is 2.46. The third-order valence-corrected chi connectivity index (χ3v) is 7.37. The van der Waals surface area contributed by atoms with Crippen molar-refractivity contribution in [2.75, 3.05) is 13.2 Å². The lowest BCUT2D eigenvalue weighted by Crippen LogP contribution is -2.29. The predicted molar refractivity (Wildman–Crippen MR) is 155 cm³/mol. The maximum atomic E-state index is 13.6. The van der Waals surface area contributed by atoms with Gasteiger partial charge in [0.1, 0.15) is 17.6 Å². The summed E-state index contributed by atoms with van der Waals surface area (Å²) < 4.78 is 17.8. The molecule has 2 atom stereocenters. The Labute approximate surface area is 240 Å². The minimum absolute atomic E-state index is 0.0323. The zero-order valence-corrected chi connectivity index (χ0v) is 23.8. The van der Waals surface area contributed by atoms with E-state index in [0.717, 1.165) is 36.1 Å². The van der Waals surface area contributed by atoms with Gasteiger partial charge >= 0.3 is 0 Å². The van der Waals surface area contributed by atoms with Gasteiger partial charge in [0.2, 0.25) is 0 Å². The number of hydrogen-bond acceptors (Lipinski definition) is 7.